The van der Waals surface area contributed by atoms with Gasteiger partial charge in [0.15, 0.2) is 0 Å². The summed E-state index contributed by atoms with van der Waals surface area (Å²) < 4.78 is 5.55. The molecule has 0 rings (SSSR count). The van der Waals surface area contributed by atoms with Gasteiger partial charge in [-0.2, -0.15) is 0 Å². The zero-order valence-electron chi connectivity index (χ0n) is 10.3. The van der Waals surface area contributed by atoms with Crippen LogP contribution in [-0.2, 0) is 4.74 Å². The highest BCUT2D eigenvalue weighted by molar-refractivity contribution is 4.65. The fraction of sp³-hybridized carbons (Fsp3) is 1.00. The topological polar surface area (TPSA) is 21.3 Å². The van der Waals surface area contributed by atoms with E-state index in [0.717, 1.165) is 25.6 Å². The van der Waals surface area contributed by atoms with E-state index in [-0.39, 0.29) is 0 Å². The van der Waals surface area contributed by atoms with Crippen molar-refractivity contribution >= 4 is 0 Å². The Hall–Kier alpha value is -0.0800. The van der Waals surface area contributed by atoms with Crippen LogP contribution < -0.4 is 5.32 Å². The molecule has 0 fully saturated rings. The molecule has 1 atom stereocenters. The van der Waals surface area contributed by atoms with E-state index in [1.54, 1.807) is 0 Å². The third-order valence-corrected chi connectivity index (χ3v) is 2.42. The van der Waals surface area contributed by atoms with E-state index in [4.69, 9.17) is 4.74 Å². The summed E-state index contributed by atoms with van der Waals surface area (Å²) in [5.74, 6) is 0.767. The van der Waals surface area contributed by atoms with Crippen LogP contribution in [0.3, 0.4) is 0 Å². The van der Waals surface area contributed by atoms with Crippen molar-refractivity contribution in [3.63, 3.8) is 0 Å². The van der Waals surface area contributed by atoms with Crippen LogP contribution in [0.4, 0.5) is 0 Å². The first-order chi connectivity index (χ1) is 6.70. The van der Waals surface area contributed by atoms with Crippen LogP contribution in [0.15, 0.2) is 0 Å². The monoisotopic (exact) mass is 201 g/mol. The second-order valence-corrected chi connectivity index (χ2v) is 4.37. The molecule has 0 aliphatic carbocycles. The Bertz CT molecular complexity index is 115. The van der Waals surface area contributed by atoms with Crippen molar-refractivity contribution in [2.24, 2.45) is 5.92 Å². The third kappa shape index (κ3) is 8.52. The van der Waals surface area contributed by atoms with Gasteiger partial charge in [0.1, 0.15) is 0 Å². The highest BCUT2D eigenvalue weighted by Crippen LogP contribution is 2.07. The molecule has 0 aliphatic heterocycles. The quantitative estimate of drug-likeness (QED) is 0.579. The van der Waals surface area contributed by atoms with Gasteiger partial charge in [-0.25, -0.2) is 0 Å². The second kappa shape index (κ2) is 9.47. The molecular formula is C12H27NO. The predicted octanol–water partition coefficient (Wildman–Crippen LogP) is 2.83. The second-order valence-electron chi connectivity index (χ2n) is 4.37. The highest BCUT2D eigenvalue weighted by atomic mass is 16.5. The third-order valence-electron chi connectivity index (χ3n) is 2.42. The summed E-state index contributed by atoms with van der Waals surface area (Å²) in [6, 6.07) is 0.622. The lowest BCUT2D eigenvalue weighted by molar-refractivity contribution is 0.120. The number of hydrogen-bond acceptors (Lipinski definition) is 2. The van der Waals surface area contributed by atoms with Crippen LogP contribution in [0.5, 0.6) is 0 Å². The average Bonchev–Trinajstić information content (AvgIpc) is 2.15. The van der Waals surface area contributed by atoms with Crippen molar-refractivity contribution in [3.8, 4) is 0 Å². The number of hydrogen-bond donors (Lipinski definition) is 1. The molecule has 14 heavy (non-hydrogen) atoms. The minimum Gasteiger partial charge on any atom is -0.381 e. The summed E-state index contributed by atoms with van der Waals surface area (Å²) >= 11 is 0. The maximum atomic E-state index is 5.55. The molecule has 0 aliphatic rings. The molecule has 0 amide bonds. The van der Waals surface area contributed by atoms with Crippen molar-refractivity contribution in [1.29, 1.82) is 0 Å². The Kier molecular flexibility index (Phi) is 9.42. The molecule has 1 unspecified atom stereocenters. The first-order valence-electron chi connectivity index (χ1n) is 5.95. The van der Waals surface area contributed by atoms with E-state index in [9.17, 15) is 0 Å². The van der Waals surface area contributed by atoms with Gasteiger partial charge >= 0.3 is 0 Å². The lowest BCUT2D eigenvalue weighted by atomic mass is 10.0. The lowest BCUT2D eigenvalue weighted by Gasteiger charge is -2.18. The van der Waals surface area contributed by atoms with Crippen LogP contribution in [0, 0.1) is 5.92 Å². The van der Waals surface area contributed by atoms with Gasteiger partial charge in [0, 0.05) is 19.3 Å². The van der Waals surface area contributed by atoms with Gasteiger partial charge in [-0.05, 0) is 32.2 Å². The van der Waals surface area contributed by atoms with Crippen molar-refractivity contribution < 1.29 is 4.74 Å². The Morgan fingerprint density at radius 2 is 1.93 bits per heavy atom. The molecule has 0 aromatic heterocycles. The highest BCUT2D eigenvalue weighted by Gasteiger charge is 2.07. The predicted molar refractivity (Wildman–Crippen MR) is 62.6 cm³/mol. The van der Waals surface area contributed by atoms with E-state index >= 15 is 0 Å². The normalized spacial score (nSPS) is 13.5. The Morgan fingerprint density at radius 3 is 2.43 bits per heavy atom. The number of ether oxygens (including phenoxy) is 1. The molecule has 1 N–H and O–H groups in total. The molecule has 0 radical (unpaired) electrons. The maximum absolute atomic E-state index is 5.55. The van der Waals surface area contributed by atoms with Gasteiger partial charge in [0.25, 0.3) is 0 Å². The van der Waals surface area contributed by atoms with Crippen LogP contribution in [0.25, 0.3) is 0 Å². The van der Waals surface area contributed by atoms with Crippen molar-refractivity contribution in [1.82, 2.24) is 5.32 Å². The van der Waals surface area contributed by atoms with Gasteiger partial charge in [-0.3, -0.25) is 0 Å². The Balaban J connectivity index is 3.33. The SMILES string of the molecule is CCCCOCCC(CC(C)C)NC. The summed E-state index contributed by atoms with van der Waals surface area (Å²) in [5, 5.41) is 3.34. The first kappa shape index (κ1) is 13.9. The molecule has 0 spiro atoms. The number of nitrogens with one attached hydrogen (secondary N) is 1. The largest absolute Gasteiger partial charge is 0.381 e. The van der Waals surface area contributed by atoms with Crippen LogP contribution in [0.1, 0.15) is 46.5 Å². The fourth-order valence-corrected chi connectivity index (χ4v) is 1.52. The van der Waals surface area contributed by atoms with Crippen LogP contribution in [-0.4, -0.2) is 26.3 Å². The maximum Gasteiger partial charge on any atom is 0.0480 e. The zero-order valence-corrected chi connectivity index (χ0v) is 10.3. The molecule has 2 heteroatoms. The van der Waals surface area contributed by atoms with Gasteiger partial charge in [-0.1, -0.05) is 27.2 Å². The average molecular weight is 201 g/mol. The molecule has 86 valence electrons. The van der Waals surface area contributed by atoms with E-state index in [1.165, 1.54) is 19.3 Å². The fourth-order valence-electron chi connectivity index (χ4n) is 1.52. The van der Waals surface area contributed by atoms with Gasteiger partial charge in [0.2, 0.25) is 0 Å². The van der Waals surface area contributed by atoms with Crippen molar-refractivity contribution in [2.75, 3.05) is 20.3 Å². The van der Waals surface area contributed by atoms with E-state index in [1.807, 2.05) is 7.05 Å². The first-order valence-corrected chi connectivity index (χ1v) is 5.95. The molecule has 0 saturated heterocycles. The van der Waals surface area contributed by atoms with E-state index in [0.29, 0.717) is 6.04 Å². The van der Waals surface area contributed by atoms with Gasteiger partial charge in [0.05, 0.1) is 0 Å². The van der Waals surface area contributed by atoms with E-state index in [2.05, 4.69) is 26.1 Å². The summed E-state index contributed by atoms with van der Waals surface area (Å²) in [4.78, 5) is 0. The van der Waals surface area contributed by atoms with Crippen molar-refractivity contribution in [3.05, 3.63) is 0 Å². The van der Waals surface area contributed by atoms with Crippen molar-refractivity contribution in [2.45, 2.75) is 52.5 Å². The summed E-state index contributed by atoms with van der Waals surface area (Å²) in [6.07, 6.45) is 4.79. The zero-order chi connectivity index (χ0) is 10.8. The molecule has 2 nitrogen and oxygen atoms in total. The Labute approximate surface area is 89.4 Å². The lowest BCUT2D eigenvalue weighted by Crippen LogP contribution is -2.28. The standard InChI is InChI=1S/C12H27NO/c1-5-6-8-14-9-7-12(13-4)10-11(2)3/h11-13H,5-10H2,1-4H3. The molecule has 0 bridgehead atoms. The molecule has 0 aromatic rings. The van der Waals surface area contributed by atoms with Crippen LogP contribution in [0.2, 0.25) is 0 Å². The molecular weight excluding hydrogens is 174 g/mol. The minimum atomic E-state index is 0.622. The summed E-state index contributed by atoms with van der Waals surface area (Å²) in [6.45, 7) is 8.55. The van der Waals surface area contributed by atoms with Gasteiger partial charge in [-0.15, -0.1) is 0 Å². The van der Waals surface area contributed by atoms with Gasteiger partial charge < -0.3 is 10.1 Å². The molecule has 0 saturated carbocycles. The molecule has 0 aromatic carbocycles. The smallest absolute Gasteiger partial charge is 0.0480 e. The summed E-state index contributed by atoms with van der Waals surface area (Å²) in [7, 11) is 2.04. The van der Waals surface area contributed by atoms with E-state index < -0.39 is 0 Å². The number of rotatable bonds is 9. The Morgan fingerprint density at radius 1 is 1.21 bits per heavy atom. The summed E-state index contributed by atoms with van der Waals surface area (Å²) in [5.41, 5.74) is 0. The molecule has 0 heterocycles. The minimum absolute atomic E-state index is 0.622. The van der Waals surface area contributed by atoms with Crippen LogP contribution >= 0.6 is 0 Å². The number of unbranched alkanes of at least 4 members (excludes halogenated alkanes) is 1.